The first-order valence-corrected chi connectivity index (χ1v) is 7.35. The van der Waals surface area contributed by atoms with E-state index in [-0.39, 0.29) is 5.78 Å². The molecular formula is C16H20N2O2. The number of carbonyl (C=O) groups is 1. The maximum absolute atomic E-state index is 12.1. The van der Waals surface area contributed by atoms with Gasteiger partial charge in [0, 0.05) is 6.20 Å². The summed E-state index contributed by atoms with van der Waals surface area (Å²) in [5.41, 5.74) is 1.48. The van der Waals surface area contributed by atoms with Crippen molar-refractivity contribution in [3.05, 3.63) is 41.6 Å². The Balaban J connectivity index is 1.66. The highest BCUT2D eigenvalue weighted by Gasteiger charge is 2.17. The first-order valence-electron chi connectivity index (χ1n) is 7.35. The number of Topliss-reactive ketones (excluding diaryl/α,β-unsaturated/α-hetero) is 1. The van der Waals surface area contributed by atoms with E-state index >= 15 is 0 Å². The van der Waals surface area contributed by atoms with Gasteiger partial charge in [-0.15, -0.1) is 0 Å². The van der Waals surface area contributed by atoms with Crippen molar-refractivity contribution in [1.29, 1.82) is 0 Å². The average molecular weight is 272 g/mol. The van der Waals surface area contributed by atoms with Crippen molar-refractivity contribution in [1.82, 2.24) is 9.78 Å². The number of hydrogen-bond donors (Lipinski definition) is 0. The van der Waals surface area contributed by atoms with Crippen molar-refractivity contribution in [3.8, 4) is 0 Å². The van der Waals surface area contributed by atoms with Crippen LogP contribution in [0.25, 0.3) is 0 Å². The third-order valence-corrected chi connectivity index (χ3v) is 4.01. The molecule has 0 amide bonds. The number of rotatable bonds is 4. The van der Waals surface area contributed by atoms with Gasteiger partial charge >= 0.3 is 0 Å². The molecule has 1 aliphatic carbocycles. The lowest BCUT2D eigenvalue weighted by Crippen LogP contribution is -2.14. The highest BCUT2D eigenvalue weighted by Crippen LogP contribution is 2.27. The highest BCUT2D eigenvalue weighted by atomic mass is 16.3. The fourth-order valence-electron chi connectivity index (χ4n) is 2.88. The zero-order valence-electron chi connectivity index (χ0n) is 11.8. The van der Waals surface area contributed by atoms with Crippen LogP contribution in [-0.2, 0) is 6.42 Å². The molecule has 106 valence electrons. The smallest absolute Gasteiger partial charge is 0.172 e. The average Bonchev–Trinajstić information content (AvgIpc) is 3.09. The molecule has 4 nitrogen and oxygen atoms in total. The summed E-state index contributed by atoms with van der Waals surface area (Å²) in [4.78, 5) is 12.1. The van der Waals surface area contributed by atoms with Gasteiger partial charge in [0.1, 0.15) is 12.0 Å². The summed E-state index contributed by atoms with van der Waals surface area (Å²) >= 11 is 0. The Morgan fingerprint density at radius 3 is 2.90 bits per heavy atom. The quantitative estimate of drug-likeness (QED) is 0.797. The molecule has 3 rings (SSSR count). The molecule has 0 N–H and O–H groups in total. The Morgan fingerprint density at radius 2 is 2.20 bits per heavy atom. The number of hydrogen-bond acceptors (Lipinski definition) is 3. The van der Waals surface area contributed by atoms with Crippen LogP contribution in [0.15, 0.2) is 29.0 Å². The SMILES string of the molecule is Cc1cc(C(=O)Cc2ccn(C3CCCCC3)n2)co1. The second kappa shape index (κ2) is 5.65. The monoisotopic (exact) mass is 272 g/mol. The van der Waals surface area contributed by atoms with Crippen molar-refractivity contribution in [2.75, 3.05) is 0 Å². The predicted octanol–water partition coefficient (Wildman–Crippen LogP) is 3.72. The maximum atomic E-state index is 12.1. The molecule has 0 saturated heterocycles. The second-order valence-corrected chi connectivity index (χ2v) is 5.62. The van der Waals surface area contributed by atoms with Gasteiger partial charge in [-0.3, -0.25) is 9.48 Å². The van der Waals surface area contributed by atoms with Gasteiger partial charge in [0.05, 0.1) is 23.7 Å². The first-order chi connectivity index (χ1) is 9.72. The fourth-order valence-corrected chi connectivity index (χ4v) is 2.88. The van der Waals surface area contributed by atoms with E-state index in [1.54, 1.807) is 6.07 Å². The minimum atomic E-state index is 0.0655. The lowest BCUT2D eigenvalue weighted by molar-refractivity contribution is 0.0991. The summed E-state index contributed by atoms with van der Waals surface area (Å²) in [5, 5.41) is 4.57. The van der Waals surface area contributed by atoms with Gasteiger partial charge < -0.3 is 4.42 Å². The van der Waals surface area contributed by atoms with Crippen LogP contribution in [0.5, 0.6) is 0 Å². The van der Waals surface area contributed by atoms with E-state index in [9.17, 15) is 4.79 Å². The lowest BCUT2D eigenvalue weighted by Gasteiger charge is -2.21. The van der Waals surface area contributed by atoms with Gasteiger partial charge in [0.25, 0.3) is 0 Å². The molecule has 0 atom stereocenters. The zero-order valence-corrected chi connectivity index (χ0v) is 11.8. The van der Waals surface area contributed by atoms with Crippen LogP contribution < -0.4 is 0 Å². The van der Waals surface area contributed by atoms with Gasteiger partial charge in [0.15, 0.2) is 5.78 Å². The van der Waals surface area contributed by atoms with Crippen LogP contribution in [0.3, 0.4) is 0 Å². The molecule has 2 aromatic rings. The summed E-state index contributed by atoms with van der Waals surface area (Å²) < 4.78 is 7.22. The van der Waals surface area contributed by atoms with Crippen LogP contribution in [0, 0.1) is 6.92 Å². The number of nitrogens with zero attached hydrogens (tertiary/aromatic N) is 2. The normalized spacial score (nSPS) is 16.4. The molecule has 1 aliphatic rings. The van der Waals surface area contributed by atoms with E-state index in [1.165, 1.54) is 38.4 Å². The van der Waals surface area contributed by atoms with E-state index in [4.69, 9.17) is 4.42 Å². The van der Waals surface area contributed by atoms with Crippen LogP contribution >= 0.6 is 0 Å². The lowest BCUT2D eigenvalue weighted by atomic mass is 9.96. The molecule has 2 aromatic heterocycles. The molecule has 2 heterocycles. The summed E-state index contributed by atoms with van der Waals surface area (Å²) in [6, 6.07) is 4.25. The van der Waals surface area contributed by atoms with Gasteiger partial charge in [-0.1, -0.05) is 19.3 Å². The summed E-state index contributed by atoms with van der Waals surface area (Å²) in [6.07, 6.45) is 10.2. The Labute approximate surface area is 118 Å². The molecule has 1 saturated carbocycles. The van der Waals surface area contributed by atoms with Crippen molar-refractivity contribution in [2.45, 2.75) is 51.5 Å². The van der Waals surface area contributed by atoms with Gasteiger partial charge in [0.2, 0.25) is 0 Å². The van der Waals surface area contributed by atoms with Crippen LogP contribution in [0.1, 0.15) is 60.0 Å². The second-order valence-electron chi connectivity index (χ2n) is 5.62. The van der Waals surface area contributed by atoms with Gasteiger partial charge in [-0.05, 0) is 31.9 Å². The number of carbonyl (C=O) groups excluding carboxylic acids is 1. The highest BCUT2D eigenvalue weighted by molar-refractivity contribution is 5.97. The third kappa shape index (κ3) is 2.84. The number of ketones is 1. The molecular weight excluding hydrogens is 252 g/mol. The number of furan rings is 1. The van der Waals surface area contributed by atoms with Crippen LogP contribution in [0.2, 0.25) is 0 Å². The maximum Gasteiger partial charge on any atom is 0.172 e. The topological polar surface area (TPSA) is 48.0 Å². The van der Waals surface area contributed by atoms with E-state index in [1.807, 2.05) is 23.9 Å². The molecule has 4 heteroatoms. The molecule has 0 spiro atoms. The fraction of sp³-hybridized carbons (Fsp3) is 0.500. The molecule has 0 aromatic carbocycles. The standard InChI is InChI=1S/C16H20N2O2/c1-12-9-13(11-20-12)16(19)10-14-7-8-18(17-14)15-5-3-2-4-6-15/h7-9,11,15H,2-6,10H2,1H3. The van der Waals surface area contributed by atoms with E-state index < -0.39 is 0 Å². The van der Waals surface area contributed by atoms with E-state index in [0.717, 1.165) is 11.5 Å². The Morgan fingerprint density at radius 1 is 1.40 bits per heavy atom. The number of aromatic nitrogens is 2. The van der Waals surface area contributed by atoms with E-state index in [0.29, 0.717) is 18.0 Å². The van der Waals surface area contributed by atoms with Gasteiger partial charge in [-0.2, -0.15) is 5.10 Å². The molecule has 0 bridgehead atoms. The minimum absolute atomic E-state index is 0.0655. The third-order valence-electron chi connectivity index (χ3n) is 4.01. The Bertz CT molecular complexity index is 591. The van der Waals surface area contributed by atoms with E-state index in [2.05, 4.69) is 5.10 Å². The van der Waals surface area contributed by atoms with Gasteiger partial charge in [-0.25, -0.2) is 0 Å². The molecule has 0 aliphatic heterocycles. The molecule has 20 heavy (non-hydrogen) atoms. The van der Waals surface area contributed by atoms with Crippen LogP contribution in [-0.4, -0.2) is 15.6 Å². The summed E-state index contributed by atoms with van der Waals surface area (Å²) in [6.45, 7) is 1.84. The summed E-state index contributed by atoms with van der Waals surface area (Å²) in [5.74, 6) is 0.830. The van der Waals surface area contributed by atoms with Crippen molar-refractivity contribution >= 4 is 5.78 Å². The molecule has 0 radical (unpaired) electrons. The predicted molar refractivity (Wildman–Crippen MR) is 75.8 cm³/mol. The number of aryl methyl sites for hydroxylation is 1. The molecule has 1 fully saturated rings. The Hall–Kier alpha value is -1.84. The summed E-state index contributed by atoms with van der Waals surface area (Å²) in [7, 11) is 0. The zero-order chi connectivity index (χ0) is 13.9. The largest absolute Gasteiger partial charge is 0.469 e. The van der Waals surface area contributed by atoms with Crippen molar-refractivity contribution < 1.29 is 9.21 Å². The van der Waals surface area contributed by atoms with Crippen molar-refractivity contribution in [3.63, 3.8) is 0 Å². The minimum Gasteiger partial charge on any atom is -0.469 e. The van der Waals surface area contributed by atoms with Crippen molar-refractivity contribution in [2.24, 2.45) is 0 Å². The molecule has 0 unspecified atom stereocenters. The Kier molecular flexibility index (Phi) is 3.72. The van der Waals surface area contributed by atoms with Crippen LogP contribution in [0.4, 0.5) is 0 Å². The first kappa shape index (κ1) is 13.2.